The fourth-order valence-corrected chi connectivity index (χ4v) is 2.61. The molecule has 0 radical (unpaired) electrons. The second-order valence-electron chi connectivity index (χ2n) is 4.92. The van der Waals surface area contributed by atoms with Gasteiger partial charge in [0.05, 0.1) is 21.5 Å². The molecule has 0 spiro atoms. The molecular formula is C14H6N2O8. The first-order valence-electron chi connectivity index (χ1n) is 6.35. The van der Waals surface area contributed by atoms with Crippen molar-refractivity contribution in [3.05, 3.63) is 66.7 Å². The molecule has 0 amide bonds. The van der Waals surface area contributed by atoms with Crippen molar-refractivity contribution in [1.82, 2.24) is 0 Å². The number of fused-ring (bicyclic) bond motifs is 2. The fourth-order valence-electron chi connectivity index (χ4n) is 2.61. The normalized spacial score (nSPS) is 12.5. The van der Waals surface area contributed by atoms with Gasteiger partial charge in [0.15, 0.2) is 5.78 Å². The Labute approximate surface area is 131 Å². The summed E-state index contributed by atoms with van der Waals surface area (Å²) in [7, 11) is 0. The molecule has 0 bridgehead atoms. The Morgan fingerprint density at radius 1 is 0.833 bits per heavy atom. The molecule has 0 saturated carbocycles. The molecule has 24 heavy (non-hydrogen) atoms. The van der Waals surface area contributed by atoms with Gasteiger partial charge >= 0.3 is 11.4 Å². The van der Waals surface area contributed by atoms with E-state index >= 15 is 0 Å². The molecule has 1 aliphatic carbocycles. The number of hydrogen-bond acceptors (Lipinski definition) is 8. The summed E-state index contributed by atoms with van der Waals surface area (Å²) >= 11 is 0. The smallest absolute Gasteiger partial charge is 0.358 e. The minimum Gasteiger partial charge on any atom is -0.508 e. The number of phenols is 2. The Hall–Kier alpha value is -3.82. The van der Waals surface area contributed by atoms with Gasteiger partial charge in [-0.1, -0.05) is 0 Å². The molecular weight excluding hydrogens is 324 g/mol. The molecule has 2 aromatic rings. The van der Waals surface area contributed by atoms with E-state index in [4.69, 9.17) is 0 Å². The number of nitro benzene ring substituents is 2. The van der Waals surface area contributed by atoms with E-state index in [2.05, 4.69) is 0 Å². The van der Waals surface area contributed by atoms with Gasteiger partial charge in [-0.25, -0.2) is 0 Å². The third-order valence-electron chi connectivity index (χ3n) is 3.58. The van der Waals surface area contributed by atoms with Crippen LogP contribution in [0.2, 0.25) is 0 Å². The molecule has 0 atom stereocenters. The van der Waals surface area contributed by atoms with Crippen molar-refractivity contribution in [2.75, 3.05) is 0 Å². The first kappa shape index (κ1) is 15.1. The highest BCUT2D eigenvalue weighted by Gasteiger charge is 2.43. The summed E-state index contributed by atoms with van der Waals surface area (Å²) in [6.07, 6.45) is 0. The van der Waals surface area contributed by atoms with Crippen LogP contribution in [0.15, 0.2) is 24.3 Å². The molecule has 2 aromatic carbocycles. The number of aromatic hydroxyl groups is 2. The van der Waals surface area contributed by atoms with Gasteiger partial charge in [-0.15, -0.1) is 0 Å². The van der Waals surface area contributed by atoms with Gasteiger partial charge in [0.1, 0.15) is 17.1 Å². The molecule has 0 unspecified atom stereocenters. The summed E-state index contributed by atoms with van der Waals surface area (Å²) in [5, 5.41) is 41.6. The highest BCUT2D eigenvalue weighted by Crippen LogP contribution is 2.43. The van der Waals surface area contributed by atoms with E-state index in [0.717, 1.165) is 18.2 Å². The maximum absolute atomic E-state index is 12.6. The standard InChI is InChI=1S/C14H6N2O8/c17-5-1-2-6-7(3-5)14(20)11-10(13(6)19)9(18)4-8(15(21)22)12(11)16(23)24/h1-4,17-18H. The molecule has 0 aliphatic heterocycles. The van der Waals surface area contributed by atoms with E-state index in [9.17, 15) is 40.0 Å². The van der Waals surface area contributed by atoms with Crippen molar-refractivity contribution in [3.8, 4) is 11.5 Å². The zero-order valence-corrected chi connectivity index (χ0v) is 11.5. The lowest BCUT2D eigenvalue weighted by Gasteiger charge is -2.18. The molecule has 2 N–H and O–H groups in total. The van der Waals surface area contributed by atoms with Gasteiger partial charge in [0, 0.05) is 11.1 Å². The number of rotatable bonds is 2. The van der Waals surface area contributed by atoms with Crippen LogP contribution in [0.25, 0.3) is 0 Å². The number of carbonyl (C=O) groups is 2. The predicted molar refractivity (Wildman–Crippen MR) is 76.4 cm³/mol. The maximum atomic E-state index is 12.6. The Balaban J connectivity index is 2.47. The number of carbonyl (C=O) groups excluding carboxylic acids is 2. The number of benzene rings is 2. The third-order valence-corrected chi connectivity index (χ3v) is 3.58. The van der Waals surface area contributed by atoms with Crippen molar-refractivity contribution in [2.45, 2.75) is 0 Å². The first-order chi connectivity index (χ1) is 11.2. The number of ketones is 2. The Morgan fingerprint density at radius 3 is 2.04 bits per heavy atom. The quantitative estimate of drug-likeness (QED) is 0.530. The van der Waals surface area contributed by atoms with Crippen molar-refractivity contribution in [1.29, 1.82) is 0 Å². The van der Waals surface area contributed by atoms with Crippen molar-refractivity contribution in [3.63, 3.8) is 0 Å². The van der Waals surface area contributed by atoms with Gasteiger partial charge in [-0.3, -0.25) is 29.8 Å². The average Bonchev–Trinajstić information content (AvgIpc) is 2.50. The van der Waals surface area contributed by atoms with E-state index in [0.29, 0.717) is 6.07 Å². The average molecular weight is 330 g/mol. The maximum Gasteiger partial charge on any atom is 0.358 e. The minimum atomic E-state index is -1.18. The van der Waals surface area contributed by atoms with Crippen LogP contribution in [0, 0.1) is 20.2 Å². The lowest BCUT2D eigenvalue weighted by molar-refractivity contribution is -0.422. The molecule has 0 fully saturated rings. The van der Waals surface area contributed by atoms with Crippen molar-refractivity contribution in [2.24, 2.45) is 0 Å². The summed E-state index contributed by atoms with van der Waals surface area (Å²) in [6, 6.07) is 3.65. The first-order valence-corrected chi connectivity index (χ1v) is 6.35. The lowest BCUT2D eigenvalue weighted by Crippen LogP contribution is -2.23. The Kier molecular flexibility index (Phi) is 3.04. The number of phenolic OH excluding ortho intramolecular Hbond substituents is 2. The third kappa shape index (κ3) is 1.90. The number of nitro groups is 2. The molecule has 10 heteroatoms. The number of hydrogen-bond donors (Lipinski definition) is 2. The van der Waals surface area contributed by atoms with Crippen LogP contribution in [-0.2, 0) is 0 Å². The Morgan fingerprint density at radius 2 is 1.46 bits per heavy atom. The summed E-state index contributed by atoms with van der Waals surface area (Å²) in [4.78, 5) is 45.0. The monoisotopic (exact) mass is 330 g/mol. The van der Waals surface area contributed by atoms with Crippen molar-refractivity contribution >= 4 is 22.9 Å². The summed E-state index contributed by atoms with van der Waals surface area (Å²) in [5.41, 5.74) is -4.34. The minimum absolute atomic E-state index is 0.177. The molecule has 10 nitrogen and oxygen atoms in total. The molecule has 120 valence electrons. The van der Waals surface area contributed by atoms with Crippen LogP contribution < -0.4 is 0 Å². The number of nitrogens with zero attached hydrogens (tertiary/aromatic N) is 2. The van der Waals surface area contributed by atoms with Crippen LogP contribution in [0.3, 0.4) is 0 Å². The topological polar surface area (TPSA) is 161 Å². The van der Waals surface area contributed by atoms with E-state index in [1.54, 1.807) is 0 Å². The molecule has 1 aliphatic rings. The van der Waals surface area contributed by atoms with E-state index in [1.165, 1.54) is 0 Å². The van der Waals surface area contributed by atoms with Gasteiger partial charge in [0.2, 0.25) is 5.78 Å². The van der Waals surface area contributed by atoms with Gasteiger partial charge < -0.3 is 10.2 Å². The lowest BCUT2D eigenvalue weighted by atomic mass is 9.82. The van der Waals surface area contributed by atoms with Crippen LogP contribution in [0.5, 0.6) is 11.5 Å². The summed E-state index contributed by atoms with van der Waals surface area (Å²) in [6.45, 7) is 0. The summed E-state index contributed by atoms with van der Waals surface area (Å²) in [5.74, 6) is -3.24. The van der Waals surface area contributed by atoms with Crippen LogP contribution in [-0.4, -0.2) is 31.6 Å². The fraction of sp³-hybridized carbons (Fsp3) is 0. The predicted octanol–water partition coefficient (Wildman–Crippen LogP) is 1.69. The zero-order valence-electron chi connectivity index (χ0n) is 11.5. The molecule has 3 rings (SSSR count). The van der Waals surface area contributed by atoms with Crippen LogP contribution >= 0.6 is 0 Å². The van der Waals surface area contributed by atoms with Gasteiger partial charge in [-0.2, -0.15) is 0 Å². The van der Waals surface area contributed by atoms with Crippen LogP contribution in [0.1, 0.15) is 31.8 Å². The van der Waals surface area contributed by atoms with E-state index < -0.39 is 49.7 Å². The highest BCUT2D eigenvalue weighted by atomic mass is 16.6. The van der Waals surface area contributed by atoms with E-state index in [-0.39, 0.29) is 16.9 Å². The Bertz CT molecular complexity index is 979. The second kappa shape index (κ2) is 4.84. The SMILES string of the molecule is O=C1c2ccc(O)cc2C(=O)c2c1c(O)cc([N+](=O)[O-])c2[N+](=O)[O-]. The highest BCUT2D eigenvalue weighted by molar-refractivity contribution is 6.31. The van der Waals surface area contributed by atoms with E-state index in [1.807, 2.05) is 0 Å². The summed E-state index contributed by atoms with van der Waals surface area (Å²) < 4.78 is 0. The van der Waals surface area contributed by atoms with Gasteiger partial charge in [0.25, 0.3) is 0 Å². The van der Waals surface area contributed by atoms with Gasteiger partial charge in [-0.05, 0) is 18.2 Å². The van der Waals surface area contributed by atoms with Crippen molar-refractivity contribution < 1.29 is 29.6 Å². The zero-order chi connectivity index (χ0) is 17.8. The second-order valence-corrected chi connectivity index (χ2v) is 4.92. The molecule has 0 saturated heterocycles. The molecule has 0 aromatic heterocycles. The van der Waals surface area contributed by atoms with Crippen LogP contribution in [0.4, 0.5) is 11.4 Å². The molecule has 0 heterocycles. The largest absolute Gasteiger partial charge is 0.508 e.